The maximum absolute atomic E-state index is 12.4. The van der Waals surface area contributed by atoms with Gasteiger partial charge in [0.05, 0.1) is 5.92 Å². The molecule has 4 nitrogen and oxygen atoms in total. The summed E-state index contributed by atoms with van der Waals surface area (Å²) >= 11 is 0. The Kier molecular flexibility index (Phi) is 4.62. The summed E-state index contributed by atoms with van der Waals surface area (Å²) in [4.78, 5) is 16.9. The molecule has 0 aromatic heterocycles. The second-order valence-corrected chi connectivity index (χ2v) is 5.87. The SMILES string of the molecule is CCN1CC[C@H](N(C)C(=O)[C@@H]2CCNC2)[C@@H](C)C1. The van der Waals surface area contributed by atoms with Crippen molar-refractivity contribution < 1.29 is 4.79 Å². The highest BCUT2D eigenvalue weighted by Crippen LogP contribution is 2.23. The van der Waals surface area contributed by atoms with Crippen molar-refractivity contribution in [3.63, 3.8) is 0 Å². The van der Waals surface area contributed by atoms with E-state index < -0.39 is 0 Å². The predicted molar refractivity (Wildman–Crippen MR) is 73.4 cm³/mol. The molecule has 2 rings (SSSR count). The van der Waals surface area contributed by atoms with Crippen LogP contribution in [0.5, 0.6) is 0 Å². The van der Waals surface area contributed by atoms with E-state index in [9.17, 15) is 4.79 Å². The molecule has 0 bridgehead atoms. The average molecular weight is 253 g/mol. The van der Waals surface area contributed by atoms with Gasteiger partial charge in [0.1, 0.15) is 0 Å². The van der Waals surface area contributed by atoms with Gasteiger partial charge < -0.3 is 15.1 Å². The van der Waals surface area contributed by atoms with Crippen molar-refractivity contribution in [3.8, 4) is 0 Å². The van der Waals surface area contributed by atoms with E-state index in [1.165, 1.54) is 0 Å². The van der Waals surface area contributed by atoms with Crippen LogP contribution in [0.3, 0.4) is 0 Å². The second-order valence-electron chi connectivity index (χ2n) is 5.87. The maximum Gasteiger partial charge on any atom is 0.227 e. The number of carbonyl (C=O) groups excluding carboxylic acids is 1. The van der Waals surface area contributed by atoms with E-state index >= 15 is 0 Å². The first-order valence-corrected chi connectivity index (χ1v) is 7.33. The highest BCUT2D eigenvalue weighted by atomic mass is 16.2. The topological polar surface area (TPSA) is 35.6 Å². The monoisotopic (exact) mass is 253 g/mol. The number of hydrogen-bond acceptors (Lipinski definition) is 3. The number of likely N-dealkylation sites (tertiary alicyclic amines) is 1. The zero-order valence-corrected chi connectivity index (χ0v) is 12.0. The lowest BCUT2D eigenvalue weighted by atomic mass is 9.91. The Morgan fingerprint density at radius 2 is 2.22 bits per heavy atom. The van der Waals surface area contributed by atoms with E-state index in [0.29, 0.717) is 17.9 Å². The Hall–Kier alpha value is -0.610. The van der Waals surface area contributed by atoms with Gasteiger partial charge in [-0.05, 0) is 31.8 Å². The molecule has 0 aliphatic carbocycles. The number of carbonyl (C=O) groups is 1. The summed E-state index contributed by atoms with van der Waals surface area (Å²) in [6.07, 6.45) is 2.13. The van der Waals surface area contributed by atoms with Crippen LogP contribution in [0.1, 0.15) is 26.7 Å². The average Bonchev–Trinajstić information content (AvgIpc) is 2.90. The molecule has 1 amide bonds. The van der Waals surface area contributed by atoms with Crippen molar-refractivity contribution in [2.24, 2.45) is 11.8 Å². The summed E-state index contributed by atoms with van der Waals surface area (Å²) in [5.41, 5.74) is 0. The molecule has 2 aliphatic heterocycles. The van der Waals surface area contributed by atoms with Gasteiger partial charge in [0, 0.05) is 32.7 Å². The summed E-state index contributed by atoms with van der Waals surface area (Å²) in [7, 11) is 2.00. The summed E-state index contributed by atoms with van der Waals surface area (Å²) in [6.45, 7) is 9.74. The van der Waals surface area contributed by atoms with Crippen molar-refractivity contribution in [2.75, 3.05) is 39.8 Å². The Balaban J connectivity index is 1.92. The summed E-state index contributed by atoms with van der Waals surface area (Å²) in [5, 5.41) is 3.28. The second kappa shape index (κ2) is 6.02. The lowest BCUT2D eigenvalue weighted by molar-refractivity contribution is -0.137. The van der Waals surface area contributed by atoms with E-state index in [-0.39, 0.29) is 5.92 Å². The van der Waals surface area contributed by atoms with Crippen LogP contribution >= 0.6 is 0 Å². The number of amides is 1. The number of nitrogens with one attached hydrogen (secondary N) is 1. The third kappa shape index (κ3) is 2.86. The van der Waals surface area contributed by atoms with Gasteiger partial charge in [-0.2, -0.15) is 0 Å². The number of hydrogen-bond donors (Lipinski definition) is 1. The molecule has 18 heavy (non-hydrogen) atoms. The molecule has 0 spiro atoms. The van der Waals surface area contributed by atoms with E-state index in [1.54, 1.807) is 0 Å². The summed E-state index contributed by atoms with van der Waals surface area (Å²) in [5.74, 6) is 1.15. The van der Waals surface area contributed by atoms with Crippen LogP contribution in [0.2, 0.25) is 0 Å². The fourth-order valence-corrected chi connectivity index (χ4v) is 3.40. The Labute approximate surface area is 111 Å². The molecule has 2 heterocycles. The molecule has 0 saturated carbocycles. The van der Waals surface area contributed by atoms with E-state index in [4.69, 9.17) is 0 Å². The summed E-state index contributed by atoms with van der Waals surface area (Å²) < 4.78 is 0. The first-order chi connectivity index (χ1) is 8.63. The van der Waals surface area contributed by atoms with Crippen LogP contribution in [-0.2, 0) is 4.79 Å². The van der Waals surface area contributed by atoms with Crippen LogP contribution < -0.4 is 5.32 Å². The molecule has 3 atom stereocenters. The number of piperidine rings is 1. The number of rotatable bonds is 3. The number of nitrogens with zero attached hydrogens (tertiary/aromatic N) is 2. The summed E-state index contributed by atoms with van der Waals surface area (Å²) in [6, 6.07) is 0.431. The third-order valence-electron chi connectivity index (χ3n) is 4.65. The normalized spacial score (nSPS) is 33.6. The largest absolute Gasteiger partial charge is 0.342 e. The standard InChI is InChI=1S/C14H27N3O/c1-4-17-8-6-13(11(2)10-17)16(3)14(18)12-5-7-15-9-12/h11-13,15H,4-10H2,1-3H3/t11-,12+,13-/m0/s1. The zero-order chi connectivity index (χ0) is 13.1. The molecular weight excluding hydrogens is 226 g/mol. The molecule has 1 N–H and O–H groups in total. The van der Waals surface area contributed by atoms with Gasteiger partial charge in [0.2, 0.25) is 5.91 Å². The smallest absolute Gasteiger partial charge is 0.227 e. The Morgan fingerprint density at radius 3 is 2.78 bits per heavy atom. The van der Waals surface area contributed by atoms with Crippen LogP contribution in [0, 0.1) is 11.8 Å². The first kappa shape index (κ1) is 13.8. The molecule has 0 radical (unpaired) electrons. The third-order valence-corrected chi connectivity index (χ3v) is 4.65. The zero-order valence-electron chi connectivity index (χ0n) is 12.0. The fraction of sp³-hybridized carbons (Fsp3) is 0.929. The van der Waals surface area contributed by atoms with Crippen molar-refractivity contribution in [2.45, 2.75) is 32.7 Å². The molecule has 2 aliphatic rings. The Morgan fingerprint density at radius 1 is 1.44 bits per heavy atom. The van der Waals surface area contributed by atoms with Gasteiger partial charge in [-0.3, -0.25) is 4.79 Å². The Bertz CT molecular complexity index is 289. The molecule has 4 heteroatoms. The molecule has 0 aromatic rings. The lowest BCUT2D eigenvalue weighted by Gasteiger charge is -2.41. The van der Waals surface area contributed by atoms with Gasteiger partial charge in [0.15, 0.2) is 0 Å². The first-order valence-electron chi connectivity index (χ1n) is 7.33. The minimum Gasteiger partial charge on any atom is -0.342 e. The molecule has 0 unspecified atom stereocenters. The van der Waals surface area contributed by atoms with E-state index in [0.717, 1.165) is 45.6 Å². The van der Waals surface area contributed by atoms with Crippen molar-refractivity contribution in [1.29, 1.82) is 0 Å². The van der Waals surface area contributed by atoms with Gasteiger partial charge in [-0.1, -0.05) is 13.8 Å². The van der Waals surface area contributed by atoms with Crippen molar-refractivity contribution in [1.82, 2.24) is 15.1 Å². The van der Waals surface area contributed by atoms with Crippen molar-refractivity contribution >= 4 is 5.91 Å². The van der Waals surface area contributed by atoms with E-state index in [2.05, 4.69) is 24.1 Å². The predicted octanol–water partition coefficient (Wildman–Crippen LogP) is 0.785. The maximum atomic E-state index is 12.4. The van der Waals surface area contributed by atoms with Gasteiger partial charge in [-0.25, -0.2) is 0 Å². The van der Waals surface area contributed by atoms with Crippen molar-refractivity contribution in [3.05, 3.63) is 0 Å². The fourth-order valence-electron chi connectivity index (χ4n) is 3.40. The van der Waals surface area contributed by atoms with Crippen LogP contribution in [0.15, 0.2) is 0 Å². The quantitative estimate of drug-likeness (QED) is 0.807. The van der Waals surface area contributed by atoms with Crippen LogP contribution in [0.4, 0.5) is 0 Å². The van der Waals surface area contributed by atoms with Crippen LogP contribution in [0.25, 0.3) is 0 Å². The lowest BCUT2D eigenvalue weighted by Crippen LogP contribution is -2.52. The molecule has 0 aromatic carbocycles. The van der Waals surface area contributed by atoms with Gasteiger partial charge in [-0.15, -0.1) is 0 Å². The van der Waals surface area contributed by atoms with E-state index in [1.807, 2.05) is 11.9 Å². The minimum absolute atomic E-state index is 0.214. The molecule has 104 valence electrons. The van der Waals surface area contributed by atoms with Crippen LogP contribution in [-0.4, -0.2) is 61.5 Å². The van der Waals surface area contributed by atoms with Gasteiger partial charge in [0.25, 0.3) is 0 Å². The molecule has 2 saturated heterocycles. The molecule has 2 fully saturated rings. The highest BCUT2D eigenvalue weighted by Gasteiger charge is 2.34. The minimum atomic E-state index is 0.214. The van der Waals surface area contributed by atoms with Gasteiger partial charge >= 0.3 is 0 Å². The highest BCUT2D eigenvalue weighted by molar-refractivity contribution is 5.79. The molecular formula is C14H27N3O.